The molecule has 1 N–H and O–H groups in total. The fourth-order valence-corrected chi connectivity index (χ4v) is 2.94. The molecule has 0 spiro atoms. The van der Waals surface area contributed by atoms with Crippen molar-refractivity contribution in [3.05, 3.63) is 0 Å². The summed E-state index contributed by atoms with van der Waals surface area (Å²) in [7, 11) is 0. The highest BCUT2D eigenvalue weighted by Crippen LogP contribution is 2.33. The second-order valence-corrected chi connectivity index (χ2v) is 5.92. The second-order valence-electron chi connectivity index (χ2n) is 5.92. The number of nitrogens with zero attached hydrogens (tertiary/aromatic N) is 2. The van der Waals surface area contributed by atoms with E-state index in [-0.39, 0.29) is 18.1 Å². The molecule has 4 heteroatoms. The van der Waals surface area contributed by atoms with Crippen LogP contribution < -0.4 is 0 Å². The highest BCUT2D eigenvalue weighted by Gasteiger charge is 2.44. The molecule has 16 heavy (non-hydrogen) atoms. The predicted molar refractivity (Wildman–Crippen MR) is 62.1 cm³/mol. The van der Waals surface area contributed by atoms with E-state index in [1.54, 1.807) is 0 Å². The van der Waals surface area contributed by atoms with Crippen LogP contribution in [-0.2, 0) is 4.79 Å². The number of carbonyl (C=O) groups is 1. The zero-order valence-corrected chi connectivity index (χ0v) is 10.4. The van der Waals surface area contributed by atoms with Gasteiger partial charge in [0.25, 0.3) is 0 Å². The van der Waals surface area contributed by atoms with E-state index in [1.165, 1.54) is 0 Å². The van der Waals surface area contributed by atoms with Crippen molar-refractivity contribution in [2.75, 3.05) is 19.7 Å². The van der Waals surface area contributed by atoms with Crippen LogP contribution in [0.2, 0.25) is 0 Å². The Kier molecular flexibility index (Phi) is 2.97. The Labute approximate surface area is 97.2 Å². The summed E-state index contributed by atoms with van der Waals surface area (Å²) >= 11 is 0. The first-order valence-corrected chi connectivity index (χ1v) is 6.10. The molecule has 2 rings (SSSR count). The van der Waals surface area contributed by atoms with Crippen molar-refractivity contribution in [1.29, 1.82) is 0 Å². The van der Waals surface area contributed by atoms with Crippen LogP contribution >= 0.6 is 0 Å². The number of amides is 1. The summed E-state index contributed by atoms with van der Waals surface area (Å²) in [6.07, 6.45) is 2.17. The number of fused-ring (bicyclic) bond motifs is 2. The number of hydrogen-bond acceptors (Lipinski definition) is 3. The third-order valence-electron chi connectivity index (χ3n) is 3.85. The van der Waals surface area contributed by atoms with Crippen molar-refractivity contribution in [3.8, 4) is 0 Å². The molecule has 2 heterocycles. The lowest BCUT2D eigenvalue weighted by Crippen LogP contribution is -2.60. The second kappa shape index (κ2) is 4.00. The van der Waals surface area contributed by atoms with Gasteiger partial charge in [0.2, 0.25) is 5.91 Å². The predicted octanol–water partition coefficient (Wildman–Crippen LogP) is 0.452. The maximum Gasteiger partial charge on any atom is 0.248 e. The van der Waals surface area contributed by atoms with Gasteiger partial charge in [-0.15, -0.1) is 0 Å². The van der Waals surface area contributed by atoms with Crippen LogP contribution in [0.15, 0.2) is 0 Å². The largest absolute Gasteiger partial charge is 0.387 e. The summed E-state index contributed by atoms with van der Waals surface area (Å²) in [5.41, 5.74) is 0.176. The molecule has 1 amide bonds. The van der Waals surface area contributed by atoms with E-state index in [1.807, 2.05) is 4.90 Å². The van der Waals surface area contributed by atoms with Gasteiger partial charge in [0, 0.05) is 30.7 Å². The van der Waals surface area contributed by atoms with E-state index in [0.29, 0.717) is 12.1 Å². The number of rotatable bonds is 1. The van der Waals surface area contributed by atoms with E-state index < -0.39 is 0 Å². The van der Waals surface area contributed by atoms with Gasteiger partial charge in [0.1, 0.15) is 6.61 Å². The Balaban J connectivity index is 2.10. The van der Waals surface area contributed by atoms with E-state index in [9.17, 15) is 4.79 Å². The van der Waals surface area contributed by atoms with Gasteiger partial charge in [-0.1, -0.05) is 0 Å². The Morgan fingerprint density at radius 2 is 1.75 bits per heavy atom. The molecule has 0 aromatic heterocycles. The van der Waals surface area contributed by atoms with Crippen LogP contribution in [0.1, 0.15) is 33.6 Å². The Morgan fingerprint density at radius 1 is 1.25 bits per heavy atom. The van der Waals surface area contributed by atoms with Gasteiger partial charge in [-0.3, -0.25) is 9.69 Å². The number of piperazine rings is 1. The molecule has 2 atom stereocenters. The molecule has 2 aliphatic heterocycles. The van der Waals surface area contributed by atoms with Gasteiger partial charge >= 0.3 is 0 Å². The van der Waals surface area contributed by atoms with Crippen molar-refractivity contribution in [2.24, 2.45) is 0 Å². The lowest BCUT2D eigenvalue weighted by atomic mass is 10.0. The van der Waals surface area contributed by atoms with Crippen LogP contribution in [0.25, 0.3) is 0 Å². The first-order valence-electron chi connectivity index (χ1n) is 6.10. The third kappa shape index (κ3) is 1.96. The van der Waals surface area contributed by atoms with Gasteiger partial charge < -0.3 is 10.0 Å². The van der Waals surface area contributed by atoms with Crippen molar-refractivity contribution in [1.82, 2.24) is 9.80 Å². The highest BCUT2D eigenvalue weighted by molar-refractivity contribution is 5.78. The van der Waals surface area contributed by atoms with E-state index in [0.717, 1.165) is 25.9 Å². The van der Waals surface area contributed by atoms with Crippen LogP contribution in [0.5, 0.6) is 0 Å². The van der Waals surface area contributed by atoms with Gasteiger partial charge in [-0.25, -0.2) is 0 Å². The number of likely N-dealkylation sites (tertiary alicyclic amines) is 1. The zero-order valence-electron chi connectivity index (χ0n) is 10.4. The van der Waals surface area contributed by atoms with E-state index in [4.69, 9.17) is 5.11 Å². The van der Waals surface area contributed by atoms with Crippen molar-refractivity contribution in [3.63, 3.8) is 0 Å². The summed E-state index contributed by atoms with van der Waals surface area (Å²) in [4.78, 5) is 16.0. The van der Waals surface area contributed by atoms with Crippen molar-refractivity contribution in [2.45, 2.75) is 51.2 Å². The smallest absolute Gasteiger partial charge is 0.248 e. The molecular formula is C12H22N2O2. The normalized spacial score (nSPS) is 30.9. The molecule has 0 aromatic carbocycles. The molecule has 4 nitrogen and oxygen atoms in total. The first-order chi connectivity index (χ1) is 7.43. The molecule has 0 radical (unpaired) electrons. The lowest BCUT2D eigenvalue weighted by Gasteiger charge is -2.46. The molecule has 2 aliphatic rings. The Hall–Kier alpha value is -0.610. The number of aliphatic hydroxyl groups is 1. The summed E-state index contributed by atoms with van der Waals surface area (Å²) in [6.45, 7) is 8.21. The molecule has 0 aromatic rings. The molecule has 2 unspecified atom stereocenters. The van der Waals surface area contributed by atoms with Crippen molar-refractivity contribution < 1.29 is 9.90 Å². The van der Waals surface area contributed by atoms with Crippen molar-refractivity contribution >= 4 is 5.91 Å². The number of carbonyl (C=O) groups excluding carboxylic acids is 1. The quantitative estimate of drug-likeness (QED) is 0.706. The maximum atomic E-state index is 11.6. The minimum Gasteiger partial charge on any atom is -0.387 e. The summed E-state index contributed by atoms with van der Waals surface area (Å²) in [6, 6.07) is 0.634. The third-order valence-corrected chi connectivity index (χ3v) is 3.85. The Bertz CT molecular complexity index is 271. The molecule has 0 aliphatic carbocycles. The average Bonchev–Trinajstić information content (AvgIpc) is 2.46. The fraction of sp³-hybridized carbons (Fsp3) is 0.917. The van der Waals surface area contributed by atoms with Crippen LogP contribution in [0, 0.1) is 0 Å². The van der Waals surface area contributed by atoms with Crippen LogP contribution in [0.4, 0.5) is 0 Å². The molecule has 2 saturated heterocycles. The molecule has 2 fully saturated rings. The maximum absolute atomic E-state index is 11.6. The SMILES string of the molecule is CC(C)(C)N1CC2CCC(C1)N2C(=O)CO. The molecule has 2 bridgehead atoms. The monoisotopic (exact) mass is 226 g/mol. The number of aliphatic hydroxyl groups excluding tert-OH is 1. The minimum absolute atomic E-state index is 0.0962. The van der Waals surface area contributed by atoms with Gasteiger partial charge in [0.15, 0.2) is 0 Å². The topological polar surface area (TPSA) is 43.8 Å². The fourth-order valence-electron chi connectivity index (χ4n) is 2.94. The van der Waals surface area contributed by atoms with Gasteiger partial charge in [0.05, 0.1) is 0 Å². The first kappa shape index (κ1) is 11.9. The van der Waals surface area contributed by atoms with Crippen LogP contribution in [-0.4, -0.2) is 58.1 Å². The minimum atomic E-state index is -0.345. The number of hydrogen-bond donors (Lipinski definition) is 1. The van der Waals surface area contributed by atoms with Gasteiger partial charge in [-0.2, -0.15) is 0 Å². The lowest BCUT2D eigenvalue weighted by molar-refractivity contribution is -0.141. The van der Waals surface area contributed by atoms with Crippen LogP contribution in [0.3, 0.4) is 0 Å². The summed E-state index contributed by atoms with van der Waals surface area (Å²) in [5, 5.41) is 8.97. The Morgan fingerprint density at radius 3 is 2.12 bits per heavy atom. The van der Waals surface area contributed by atoms with E-state index >= 15 is 0 Å². The molecule has 0 saturated carbocycles. The molecular weight excluding hydrogens is 204 g/mol. The highest BCUT2D eigenvalue weighted by atomic mass is 16.3. The average molecular weight is 226 g/mol. The van der Waals surface area contributed by atoms with E-state index in [2.05, 4.69) is 25.7 Å². The summed E-state index contributed by atoms with van der Waals surface area (Å²) in [5.74, 6) is -0.0962. The summed E-state index contributed by atoms with van der Waals surface area (Å²) < 4.78 is 0. The van der Waals surface area contributed by atoms with Gasteiger partial charge in [-0.05, 0) is 33.6 Å². The molecule has 92 valence electrons. The standard InChI is InChI=1S/C12H22N2O2/c1-12(2,3)13-6-9-4-5-10(7-13)14(9)11(16)8-15/h9-10,15H,4-8H2,1-3H3. The zero-order chi connectivity index (χ0) is 11.9.